The van der Waals surface area contributed by atoms with E-state index in [1.165, 1.54) is 16.8 Å². The van der Waals surface area contributed by atoms with Crippen LogP contribution in [0, 0.1) is 0 Å². The number of rotatable bonds is 1. The fourth-order valence-electron chi connectivity index (χ4n) is 1.45. The summed E-state index contributed by atoms with van der Waals surface area (Å²) in [4.78, 5) is 24.3. The standard InChI is InChI=1S/C9H10N2O4/c1-5-6(12)4-8(15-5)11-3-2-7(13)10-9(11)14/h2-3,6,8,12H,1,4H2,(H,10,13,14). The summed E-state index contributed by atoms with van der Waals surface area (Å²) >= 11 is 0. The molecule has 2 unspecified atom stereocenters. The average molecular weight is 210 g/mol. The largest absolute Gasteiger partial charge is 0.472 e. The van der Waals surface area contributed by atoms with Crippen LogP contribution in [-0.4, -0.2) is 20.8 Å². The van der Waals surface area contributed by atoms with Crippen LogP contribution in [0.25, 0.3) is 0 Å². The number of aliphatic hydroxyl groups is 1. The summed E-state index contributed by atoms with van der Waals surface area (Å²) in [5.74, 6) is 0.234. The van der Waals surface area contributed by atoms with Crippen molar-refractivity contribution in [2.45, 2.75) is 18.8 Å². The van der Waals surface area contributed by atoms with Gasteiger partial charge in [-0.05, 0) is 0 Å². The van der Waals surface area contributed by atoms with E-state index in [1.54, 1.807) is 0 Å². The first-order chi connectivity index (χ1) is 7.08. The molecule has 1 fully saturated rings. The van der Waals surface area contributed by atoms with Crippen molar-refractivity contribution in [1.29, 1.82) is 0 Å². The lowest BCUT2D eigenvalue weighted by atomic mass is 10.2. The number of hydrogen-bond donors (Lipinski definition) is 2. The molecule has 1 saturated heterocycles. The topological polar surface area (TPSA) is 84.3 Å². The molecule has 6 heteroatoms. The molecule has 2 N–H and O–H groups in total. The number of aromatic nitrogens is 2. The van der Waals surface area contributed by atoms with Gasteiger partial charge in [-0.2, -0.15) is 0 Å². The predicted molar refractivity (Wildman–Crippen MR) is 51.2 cm³/mol. The highest BCUT2D eigenvalue weighted by Gasteiger charge is 2.29. The van der Waals surface area contributed by atoms with Crippen molar-refractivity contribution >= 4 is 0 Å². The van der Waals surface area contributed by atoms with Gasteiger partial charge >= 0.3 is 5.69 Å². The van der Waals surface area contributed by atoms with Crippen molar-refractivity contribution in [2.24, 2.45) is 0 Å². The van der Waals surface area contributed by atoms with E-state index < -0.39 is 23.6 Å². The van der Waals surface area contributed by atoms with E-state index in [0.29, 0.717) is 0 Å². The number of ether oxygens (including phenoxy) is 1. The van der Waals surface area contributed by atoms with Crippen LogP contribution in [0.2, 0.25) is 0 Å². The molecule has 0 spiro atoms. The van der Waals surface area contributed by atoms with E-state index in [0.717, 1.165) is 0 Å². The third kappa shape index (κ3) is 1.71. The molecule has 15 heavy (non-hydrogen) atoms. The molecule has 0 aromatic carbocycles. The molecule has 0 aliphatic carbocycles. The Labute approximate surface area is 84.4 Å². The highest BCUT2D eigenvalue weighted by atomic mass is 16.5. The number of aromatic amines is 1. The van der Waals surface area contributed by atoms with Gasteiger partial charge in [0.2, 0.25) is 0 Å². The summed E-state index contributed by atoms with van der Waals surface area (Å²) in [6.07, 6.45) is 0.216. The summed E-state index contributed by atoms with van der Waals surface area (Å²) in [6.45, 7) is 3.50. The minimum absolute atomic E-state index is 0.234. The summed E-state index contributed by atoms with van der Waals surface area (Å²) < 4.78 is 6.39. The zero-order chi connectivity index (χ0) is 11.0. The molecule has 2 atom stereocenters. The maximum absolute atomic E-state index is 11.4. The number of nitrogens with one attached hydrogen (secondary N) is 1. The van der Waals surface area contributed by atoms with Crippen LogP contribution < -0.4 is 11.2 Å². The van der Waals surface area contributed by atoms with Crippen molar-refractivity contribution in [1.82, 2.24) is 9.55 Å². The lowest BCUT2D eigenvalue weighted by molar-refractivity contribution is 0.0934. The smallest absolute Gasteiger partial charge is 0.331 e. The second-order valence-electron chi connectivity index (χ2n) is 3.31. The maximum atomic E-state index is 11.4. The van der Waals surface area contributed by atoms with Crippen LogP contribution in [0.15, 0.2) is 34.2 Å². The van der Waals surface area contributed by atoms with E-state index in [2.05, 4.69) is 11.6 Å². The molecule has 0 radical (unpaired) electrons. The molecule has 0 bridgehead atoms. The van der Waals surface area contributed by atoms with Gasteiger partial charge in [-0.1, -0.05) is 6.58 Å². The van der Waals surface area contributed by atoms with Gasteiger partial charge in [-0.15, -0.1) is 0 Å². The molecule has 2 heterocycles. The monoisotopic (exact) mass is 210 g/mol. The van der Waals surface area contributed by atoms with Crippen LogP contribution in [0.1, 0.15) is 12.6 Å². The summed E-state index contributed by atoms with van der Waals surface area (Å²) in [5, 5.41) is 9.36. The Bertz CT molecular complexity index is 501. The first kappa shape index (κ1) is 9.72. The van der Waals surface area contributed by atoms with E-state index in [4.69, 9.17) is 4.74 Å². The Morgan fingerprint density at radius 2 is 2.33 bits per heavy atom. The van der Waals surface area contributed by atoms with E-state index >= 15 is 0 Å². The molecule has 0 amide bonds. The van der Waals surface area contributed by atoms with Crippen LogP contribution in [-0.2, 0) is 4.74 Å². The molecular weight excluding hydrogens is 200 g/mol. The predicted octanol–water partition coefficient (Wildman–Crippen LogP) is -0.670. The van der Waals surface area contributed by atoms with Gasteiger partial charge in [0.15, 0.2) is 6.23 Å². The van der Waals surface area contributed by atoms with Gasteiger partial charge < -0.3 is 9.84 Å². The van der Waals surface area contributed by atoms with Crippen LogP contribution in [0.5, 0.6) is 0 Å². The third-order valence-electron chi connectivity index (χ3n) is 2.25. The van der Waals surface area contributed by atoms with Gasteiger partial charge in [0.25, 0.3) is 5.56 Å². The van der Waals surface area contributed by atoms with Gasteiger partial charge in [-0.3, -0.25) is 14.3 Å². The normalized spacial score (nSPS) is 25.3. The minimum Gasteiger partial charge on any atom is -0.472 e. The first-order valence-electron chi connectivity index (χ1n) is 4.43. The Morgan fingerprint density at radius 1 is 1.60 bits per heavy atom. The average Bonchev–Trinajstić information content (AvgIpc) is 2.46. The Balaban J connectivity index is 2.36. The Hall–Kier alpha value is -1.82. The number of nitrogens with zero attached hydrogens (tertiary/aromatic N) is 1. The van der Waals surface area contributed by atoms with Gasteiger partial charge in [0.1, 0.15) is 11.9 Å². The second-order valence-corrected chi connectivity index (χ2v) is 3.31. The fraction of sp³-hybridized carbons (Fsp3) is 0.333. The van der Waals surface area contributed by atoms with Gasteiger partial charge in [0.05, 0.1) is 0 Å². The SMILES string of the molecule is C=C1OC(n2ccc(=O)[nH]c2=O)CC1O. The minimum atomic E-state index is -0.770. The lowest BCUT2D eigenvalue weighted by Gasteiger charge is -2.11. The van der Waals surface area contributed by atoms with Crippen molar-refractivity contribution in [3.8, 4) is 0 Å². The highest BCUT2D eigenvalue weighted by Crippen LogP contribution is 2.28. The lowest BCUT2D eigenvalue weighted by Crippen LogP contribution is -2.31. The molecule has 1 aliphatic rings. The second kappa shape index (κ2) is 3.39. The third-order valence-corrected chi connectivity index (χ3v) is 2.25. The summed E-state index contributed by atoms with van der Waals surface area (Å²) in [7, 11) is 0. The first-order valence-corrected chi connectivity index (χ1v) is 4.43. The molecule has 1 aromatic rings. The maximum Gasteiger partial charge on any atom is 0.331 e. The van der Waals surface area contributed by atoms with Crippen molar-refractivity contribution in [3.05, 3.63) is 45.4 Å². The summed E-state index contributed by atoms with van der Waals surface area (Å²) in [6, 6.07) is 1.22. The molecule has 0 saturated carbocycles. The van der Waals surface area contributed by atoms with Crippen molar-refractivity contribution < 1.29 is 9.84 Å². The number of H-pyrrole nitrogens is 1. The van der Waals surface area contributed by atoms with Gasteiger partial charge in [0, 0.05) is 18.7 Å². The molecule has 1 aromatic heterocycles. The zero-order valence-electron chi connectivity index (χ0n) is 7.84. The highest BCUT2D eigenvalue weighted by molar-refractivity contribution is 4.99. The summed E-state index contributed by atoms with van der Waals surface area (Å²) in [5.41, 5.74) is -1.02. The van der Waals surface area contributed by atoms with Crippen LogP contribution >= 0.6 is 0 Å². The number of aliphatic hydroxyl groups excluding tert-OH is 1. The van der Waals surface area contributed by atoms with Crippen LogP contribution in [0.3, 0.4) is 0 Å². The Kier molecular flexibility index (Phi) is 2.20. The van der Waals surface area contributed by atoms with Crippen LogP contribution in [0.4, 0.5) is 0 Å². The van der Waals surface area contributed by atoms with Gasteiger partial charge in [-0.25, -0.2) is 4.79 Å². The van der Waals surface area contributed by atoms with Crippen molar-refractivity contribution in [3.63, 3.8) is 0 Å². The quantitative estimate of drug-likeness (QED) is 0.643. The molecule has 2 rings (SSSR count). The van der Waals surface area contributed by atoms with E-state index in [9.17, 15) is 14.7 Å². The van der Waals surface area contributed by atoms with Crippen molar-refractivity contribution in [2.75, 3.05) is 0 Å². The molecular formula is C9H10N2O4. The molecule has 1 aliphatic heterocycles. The fourth-order valence-corrected chi connectivity index (χ4v) is 1.45. The van der Waals surface area contributed by atoms with E-state index in [1.807, 2.05) is 0 Å². The Morgan fingerprint density at radius 3 is 2.87 bits per heavy atom. The zero-order valence-corrected chi connectivity index (χ0v) is 7.84. The molecule has 6 nitrogen and oxygen atoms in total. The number of hydrogen-bond acceptors (Lipinski definition) is 4. The van der Waals surface area contributed by atoms with E-state index in [-0.39, 0.29) is 12.2 Å². The molecule has 80 valence electrons.